The molecule has 2 aromatic carbocycles. The molecule has 132 valence electrons. The molecule has 0 aliphatic carbocycles. The highest BCUT2D eigenvalue weighted by Gasteiger charge is 2.17. The number of imide groups is 1. The van der Waals surface area contributed by atoms with Crippen molar-refractivity contribution in [3.8, 4) is 16.9 Å². The average Bonchev–Trinajstić information content (AvgIpc) is 3.04. The van der Waals surface area contributed by atoms with E-state index in [1.54, 1.807) is 12.3 Å². The monoisotopic (exact) mass is 386 g/mol. The Morgan fingerprint density at radius 2 is 1.81 bits per heavy atom. The molecule has 0 saturated heterocycles. The zero-order chi connectivity index (χ0) is 18.5. The van der Waals surface area contributed by atoms with Gasteiger partial charge >= 0.3 is 6.03 Å². The van der Waals surface area contributed by atoms with Gasteiger partial charge in [0, 0.05) is 5.56 Å². The molecule has 0 unspecified atom stereocenters. The van der Waals surface area contributed by atoms with Gasteiger partial charge in [0.15, 0.2) is 5.16 Å². The molecule has 0 aliphatic rings. The molecule has 3 rings (SSSR count). The molecule has 1 aromatic heterocycles. The fraction of sp³-hybridized carbons (Fsp3) is 0.0556. The molecule has 0 spiro atoms. The number of thioether (sulfide) groups is 1. The van der Waals surface area contributed by atoms with Crippen LogP contribution in [0.5, 0.6) is 0 Å². The lowest BCUT2D eigenvalue weighted by molar-refractivity contribution is -0.117. The minimum atomic E-state index is -0.880. The molecule has 3 N–H and O–H groups in total. The number of halogens is 1. The van der Waals surface area contributed by atoms with Crippen molar-refractivity contribution in [3.05, 3.63) is 65.8 Å². The zero-order valence-electron chi connectivity index (χ0n) is 13.6. The smallest absolute Gasteiger partial charge is 0.318 e. The Morgan fingerprint density at radius 1 is 1.12 bits per heavy atom. The van der Waals surface area contributed by atoms with Crippen molar-refractivity contribution in [3.63, 3.8) is 0 Å². The molecule has 3 amide bonds. The standard InChI is InChI=1S/C18H15ClN4O2S/c19-13-8-4-5-9-14(13)23-15(12-6-2-1-3-7-12)10-21-18(23)26-11-16(24)22-17(20)25/h1-10H,11H2,(H3,20,22,24,25). The van der Waals surface area contributed by atoms with Gasteiger partial charge in [-0.05, 0) is 12.1 Å². The van der Waals surface area contributed by atoms with Gasteiger partial charge in [-0.3, -0.25) is 14.7 Å². The van der Waals surface area contributed by atoms with Crippen LogP contribution in [-0.2, 0) is 4.79 Å². The van der Waals surface area contributed by atoms with Gasteiger partial charge in [-0.15, -0.1) is 0 Å². The first-order valence-corrected chi connectivity index (χ1v) is 9.03. The van der Waals surface area contributed by atoms with Crippen LogP contribution in [0.4, 0.5) is 4.79 Å². The molecule has 0 atom stereocenters. The lowest BCUT2D eigenvalue weighted by Crippen LogP contribution is -2.36. The van der Waals surface area contributed by atoms with E-state index in [4.69, 9.17) is 17.3 Å². The van der Waals surface area contributed by atoms with Crippen LogP contribution in [-0.4, -0.2) is 27.2 Å². The Hall–Kier alpha value is -2.77. The molecule has 0 fully saturated rings. The van der Waals surface area contributed by atoms with Crippen molar-refractivity contribution in [1.29, 1.82) is 0 Å². The number of aromatic nitrogens is 2. The van der Waals surface area contributed by atoms with E-state index in [2.05, 4.69) is 4.98 Å². The first-order chi connectivity index (χ1) is 12.6. The second kappa shape index (κ2) is 8.07. The van der Waals surface area contributed by atoms with E-state index in [0.717, 1.165) is 16.9 Å². The predicted octanol–water partition coefficient (Wildman–Crippen LogP) is 3.48. The SMILES string of the molecule is NC(=O)NC(=O)CSc1ncc(-c2ccccc2)n1-c1ccccc1Cl. The first kappa shape index (κ1) is 18.0. The lowest BCUT2D eigenvalue weighted by Gasteiger charge is -2.13. The van der Waals surface area contributed by atoms with Gasteiger partial charge in [0.25, 0.3) is 0 Å². The van der Waals surface area contributed by atoms with Gasteiger partial charge in [0.1, 0.15) is 0 Å². The third-order valence-electron chi connectivity index (χ3n) is 3.49. The molecule has 6 nitrogen and oxygen atoms in total. The molecule has 3 aromatic rings. The minimum absolute atomic E-state index is 0.00135. The Labute approximate surface area is 159 Å². The molecule has 26 heavy (non-hydrogen) atoms. The Kier molecular flexibility index (Phi) is 5.60. The van der Waals surface area contributed by atoms with Crippen LogP contribution >= 0.6 is 23.4 Å². The normalized spacial score (nSPS) is 10.5. The lowest BCUT2D eigenvalue weighted by atomic mass is 10.1. The fourth-order valence-corrected chi connectivity index (χ4v) is 3.42. The molecule has 1 heterocycles. The van der Waals surface area contributed by atoms with E-state index in [0.29, 0.717) is 10.2 Å². The third-order valence-corrected chi connectivity index (χ3v) is 4.76. The molecule has 0 radical (unpaired) electrons. The number of imidazole rings is 1. The Morgan fingerprint density at radius 3 is 2.50 bits per heavy atom. The zero-order valence-corrected chi connectivity index (χ0v) is 15.1. The summed E-state index contributed by atoms with van der Waals surface area (Å²) in [6, 6.07) is 16.3. The third kappa shape index (κ3) is 4.07. The summed E-state index contributed by atoms with van der Waals surface area (Å²) in [5, 5.41) is 3.18. The number of primary amides is 1. The van der Waals surface area contributed by atoms with Gasteiger partial charge < -0.3 is 5.73 Å². The number of hydrogen-bond acceptors (Lipinski definition) is 4. The second-order valence-corrected chi connectivity index (χ2v) is 6.63. The number of nitrogens with one attached hydrogen (secondary N) is 1. The van der Waals surface area contributed by atoms with Crippen LogP contribution in [0.1, 0.15) is 0 Å². The van der Waals surface area contributed by atoms with E-state index >= 15 is 0 Å². The maximum atomic E-state index is 11.7. The Bertz CT molecular complexity index is 943. The summed E-state index contributed by atoms with van der Waals surface area (Å²) >= 11 is 7.57. The van der Waals surface area contributed by atoms with Crippen molar-refractivity contribution in [2.24, 2.45) is 5.73 Å². The summed E-state index contributed by atoms with van der Waals surface area (Å²) in [5.41, 5.74) is 7.53. The number of amides is 3. The number of hydrogen-bond donors (Lipinski definition) is 2. The predicted molar refractivity (Wildman–Crippen MR) is 102 cm³/mol. The van der Waals surface area contributed by atoms with E-state index in [-0.39, 0.29) is 5.75 Å². The fourth-order valence-electron chi connectivity index (χ4n) is 2.42. The average molecular weight is 387 g/mol. The van der Waals surface area contributed by atoms with Crippen LogP contribution in [0.25, 0.3) is 16.9 Å². The van der Waals surface area contributed by atoms with Crippen molar-refractivity contribution < 1.29 is 9.59 Å². The molecule has 0 aliphatic heterocycles. The number of carbonyl (C=O) groups is 2. The number of urea groups is 1. The van der Waals surface area contributed by atoms with E-state index in [9.17, 15) is 9.59 Å². The van der Waals surface area contributed by atoms with Crippen LogP contribution in [0, 0.1) is 0 Å². The van der Waals surface area contributed by atoms with Crippen LogP contribution in [0.2, 0.25) is 5.02 Å². The summed E-state index contributed by atoms with van der Waals surface area (Å²) in [4.78, 5) is 26.9. The van der Waals surface area contributed by atoms with Gasteiger partial charge in [0.05, 0.1) is 28.4 Å². The van der Waals surface area contributed by atoms with Gasteiger partial charge in [0.2, 0.25) is 5.91 Å². The topological polar surface area (TPSA) is 90.0 Å². The van der Waals surface area contributed by atoms with Gasteiger partial charge in [-0.2, -0.15) is 0 Å². The summed E-state index contributed by atoms with van der Waals surface area (Å²) in [6.45, 7) is 0. The summed E-state index contributed by atoms with van der Waals surface area (Å²) in [5.74, 6) is -0.490. The first-order valence-electron chi connectivity index (χ1n) is 7.66. The van der Waals surface area contributed by atoms with Crippen LogP contribution in [0.15, 0.2) is 66.0 Å². The number of nitrogens with two attached hydrogens (primary N) is 1. The highest BCUT2D eigenvalue weighted by Crippen LogP contribution is 2.32. The number of nitrogens with zero attached hydrogens (tertiary/aromatic N) is 2. The van der Waals surface area contributed by atoms with Crippen molar-refractivity contribution >= 4 is 35.3 Å². The maximum absolute atomic E-state index is 11.7. The van der Waals surface area contributed by atoms with Crippen molar-refractivity contribution in [1.82, 2.24) is 14.9 Å². The highest BCUT2D eigenvalue weighted by molar-refractivity contribution is 7.99. The van der Waals surface area contributed by atoms with Crippen LogP contribution in [0.3, 0.4) is 0 Å². The molecule has 0 saturated carbocycles. The largest absolute Gasteiger partial charge is 0.351 e. The van der Waals surface area contributed by atoms with Gasteiger partial charge in [-0.25, -0.2) is 9.78 Å². The highest BCUT2D eigenvalue weighted by atomic mass is 35.5. The summed E-state index contributed by atoms with van der Waals surface area (Å²) < 4.78 is 1.89. The second-order valence-electron chi connectivity index (χ2n) is 5.28. The quantitative estimate of drug-likeness (QED) is 0.657. The maximum Gasteiger partial charge on any atom is 0.318 e. The summed E-state index contributed by atoms with van der Waals surface area (Å²) in [6.07, 6.45) is 1.73. The molecular formula is C18H15ClN4O2S. The van der Waals surface area contributed by atoms with E-state index in [1.165, 1.54) is 11.8 Å². The minimum Gasteiger partial charge on any atom is -0.351 e. The number of carbonyl (C=O) groups excluding carboxylic acids is 2. The molecular weight excluding hydrogens is 372 g/mol. The van der Waals surface area contributed by atoms with Crippen molar-refractivity contribution in [2.75, 3.05) is 5.75 Å². The van der Waals surface area contributed by atoms with Crippen molar-refractivity contribution in [2.45, 2.75) is 5.16 Å². The molecule has 8 heteroatoms. The van der Waals surface area contributed by atoms with Crippen LogP contribution < -0.4 is 11.1 Å². The van der Waals surface area contributed by atoms with E-state index < -0.39 is 11.9 Å². The number of para-hydroxylation sites is 1. The van der Waals surface area contributed by atoms with Gasteiger partial charge in [-0.1, -0.05) is 65.8 Å². The molecule has 0 bridgehead atoms. The van der Waals surface area contributed by atoms with E-state index in [1.807, 2.05) is 58.4 Å². The summed E-state index contributed by atoms with van der Waals surface area (Å²) in [7, 11) is 0. The number of benzene rings is 2. The Balaban J connectivity index is 2.00. The number of rotatable bonds is 5.